The molecule has 0 N–H and O–H groups in total. The van der Waals surface area contributed by atoms with Crippen LogP contribution in [-0.4, -0.2) is 0 Å². The first-order valence-electron chi connectivity index (χ1n) is 11.7. The van der Waals surface area contributed by atoms with Crippen LogP contribution in [0.15, 0.2) is 12.1 Å². The van der Waals surface area contributed by atoms with Gasteiger partial charge < -0.3 is 0 Å². The van der Waals surface area contributed by atoms with Gasteiger partial charge in [0.2, 0.25) is 0 Å². The number of halogens is 5. The van der Waals surface area contributed by atoms with Crippen LogP contribution in [0.25, 0.3) is 0 Å². The molecule has 1 aromatic rings. The van der Waals surface area contributed by atoms with Gasteiger partial charge in [-0.2, -0.15) is 13.2 Å². The predicted octanol–water partition coefficient (Wildman–Crippen LogP) is 8.89. The third kappa shape index (κ3) is 5.97. The van der Waals surface area contributed by atoms with Gasteiger partial charge in [0.25, 0.3) is 0 Å². The van der Waals surface area contributed by atoms with Gasteiger partial charge in [-0.25, -0.2) is 8.78 Å². The van der Waals surface area contributed by atoms with Gasteiger partial charge in [0, 0.05) is 0 Å². The fraction of sp³-hybridized carbons (Fsp3) is 0.760. The van der Waals surface area contributed by atoms with Crippen molar-refractivity contribution in [2.45, 2.75) is 96.6 Å². The maximum atomic E-state index is 13.9. The Bertz CT molecular complexity index is 654. The molecule has 0 atom stereocenters. The summed E-state index contributed by atoms with van der Waals surface area (Å²) in [6.45, 7) is 4.56. The molecule has 0 saturated heterocycles. The molecule has 0 aromatic heterocycles. The molecule has 0 nitrogen and oxygen atoms in total. The van der Waals surface area contributed by atoms with Crippen LogP contribution in [0.5, 0.6) is 0 Å². The molecule has 0 amide bonds. The van der Waals surface area contributed by atoms with E-state index in [1.165, 1.54) is 44.9 Å². The fourth-order valence-electron chi connectivity index (χ4n) is 5.79. The maximum Gasteiger partial charge on any atom is 0.422 e. The molecule has 3 rings (SSSR count). The van der Waals surface area contributed by atoms with Crippen molar-refractivity contribution in [3.8, 4) is 0 Å². The van der Waals surface area contributed by atoms with Gasteiger partial charge in [-0.15, -0.1) is 0 Å². The molecule has 0 aliphatic heterocycles. The van der Waals surface area contributed by atoms with E-state index in [0.29, 0.717) is 11.5 Å². The van der Waals surface area contributed by atoms with Crippen molar-refractivity contribution in [3.63, 3.8) is 0 Å². The van der Waals surface area contributed by atoms with Gasteiger partial charge >= 0.3 is 6.18 Å². The Kier molecular flexibility index (Phi) is 7.84. The predicted molar refractivity (Wildman–Crippen MR) is 110 cm³/mol. The molecule has 170 valence electrons. The second-order valence-corrected chi connectivity index (χ2v) is 10.1. The van der Waals surface area contributed by atoms with E-state index < -0.39 is 23.4 Å². The van der Waals surface area contributed by atoms with Crippen molar-refractivity contribution in [2.24, 2.45) is 23.7 Å². The van der Waals surface area contributed by atoms with E-state index in [4.69, 9.17) is 0 Å². The van der Waals surface area contributed by atoms with Gasteiger partial charge in [-0.05, 0) is 85.8 Å². The lowest BCUT2D eigenvalue weighted by atomic mass is 9.68. The van der Waals surface area contributed by atoms with Gasteiger partial charge in [0.05, 0.1) is 0 Å². The largest absolute Gasteiger partial charge is 0.422 e. The zero-order valence-electron chi connectivity index (χ0n) is 18.2. The van der Waals surface area contributed by atoms with Crippen molar-refractivity contribution in [3.05, 3.63) is 34.9 Å². The monoisotopic (exact) mass is 430 g/mol. The van der Waals surface area contributed by atoms with Crippen LogP contribution in [0.1, 0.15) is 102 Å². The lowest BCUT2D eigenvalue weighted by Gasteiger charge is -2.38. The van der Waals surface area contributed by atoms with Crippen LogP contribution in [0.2, 0.25) is 0 Å². The van der Waals surface area contributed by atoms with E-state index in [2.05, 4.69) is 13.8 Å². The van der Waals surface area contributed by atoms with Gasteiger partial charge in [0.15, 0.2) is 0 Å². The molecule has 5 heteroatoms. The summed E-state index contributed by atoms with van der Waals surface area (Å²) in [7, 11) is 0. The maximum absolute atomic E-state index is 13.9. The molecular formula is C25H35F5. The summed E-state index contributed by atoms with van der Waals surface area (Å²) in [5.74, 6) is 0.0266. The first kappa shape index (κ1) is 23.5. The van der Waals surface area contributed by atoms with E-state index >= 15 is 0 Å². The van der Waals surface area contributed by atoms with Gasteiger partial charge in [0.1, 0.15) is 17.2 Å². The first-order valence-corrected chi connectivity index (χ1v) is 11.7. The van der Waals surface area contributed by atoms with Crippen LogP contribution in [0, 0.1) is 35.3 Å². The zero-order chi connectivity index (χ0) is 21.9. The molecule has 2 saturated carbocycles. The molecule has 0 radical (unpaired) electrons. The topological polar surface area (TPSA) is 0 Å². The Morgan fingerprint density at radius 2 is 1.33 bits per heavy atom. The van der Waals surface area contributed by atoms with Crippen LogP contribution in [0.4, 0.5) is 22.0 Å². The summed E-state index contributed by atoms with van der Waals surface area (Å²) >= 11 is 0. The molecule has 0 heterocycles. The number of rotatable bonds is 6. The third-order valence-electron chi connectivity index (χ3n) is 7.54. The second kappa shape index (κ2) is 9.99. The highest BCUT2D eigenvalue weighted by molar-refractivity contribution is 5.30. The summed E-state index contributed by atoms with van der Waals surface area (Å²) < 4.78 is 66.3. The average Bonchev–Trinajstić information content (AvgIpc) is 2.67. The molecule has 2 fully saturated rings. The summed E-state index contributed by atoms with van der Waals surface area (Å²) in [6, 6.07) is 1.80. The van der Waals surface area contributed by atoms with Crippen molar-refractivity contribution in [1.82, 2.24) is 0 Å². The molecule has 1 aromatic carbocycles. The van der Waals surface area contributed by atoms with Crippen LogP contribution < -0.4 is 0 Å². The van der Waals surface area contributed by atoms with E-state index in [0.717, 1.165) is 55.6 Å². The van der Waals surface area contributed by atoms with Crippen molar-refractivity contribution >= 4 is 0 Å². The molecule has 2 aliphatic rings. The SMILES string of the molecule is CC(C)CCCC1CCC(C2CCC(c3cc(F)c(C(F)(F)F)c(F)c3)CC2)CC1. The number of alkyl halides is 3. The molecule has 30 heavy (non-hydrogen) atoms. The Labute approximate surface area is 177 Å². The quantitative estimate of drug-likeness (QED) is 0.395. The molecular weight excluding hydrogens is 395 g/mol. The van der Waals surface area contributed by atoms with E-state index in [1.54, 1.807) is 0 Å². The average molecular weight is 431 g/mol. The fourth-order valence-corrected chi connectivity index (χ4v) is 5.79. The molecule has 0 spiro atoms. The Morgan fingerprint density at radius 1 is 0.833 bits per heavy atom. The van der Waals surface area contributed by atoms with E-state index in [-0.39, 0.29) is 5.92 Å². The van der Waals surface area contributed by atoms with Crippen molar-refractivity contribution < 1.29 is 22.0 Å². The second-order valence-electron chi connectivity index (χ2n) is 10.1. The third-order valence-corrected chi connectivity index (χ3v) is 7.54. The Balaban J connectivity index is 1.49. The number of benzene rings is 1. The zero-order valence-corrected chi connectivity index (χ0v) is 18.2. The van der Waals surface area contributed by atoms with E-state index in [9.17, 15) is 22.0 Å². The number of hydrogen-bond donors (Lipinski definition) is 0. The minimum atomic E-state index is -5.00. The smallest absolute Gasteiger partial charge is 0.206 e. The van der Waals surface area contributed by atoms with Gasteiger partial charge in [-0.3, -0.25) is 0 Å². The Hall–Kier alpha value is -1.13. The number of hydrogen-bond acceptors (Lipinski definition) is 0. The van der Waals surface area contributed by atoms with Crippen LogP contribution in [-0.2, 0) is 6.18 Å². The van der Waals surface area contributed by atoms with Crippen molar-refractivity contribution in [1.29, 1.82) is 0 Å². The lowest BCUT2D eigenvalue weighted by molar-refractivity contribution is -0.142. The molecule has 0 bridgehead atoms. The highest BCUT2D eigenvalue weighted by atomic mass is 19.4. The molecule has 0 unspecified atom stereocenters. The summed E-state index contributed by atoms with van der Waals surface area (Å²) in [4.78, 5) is 0. The van der Waals surface area contributed by atoms with Crippen LogP contribution in [0.3, 0.4) is 0 Å². The minimum Gasteiger partial charge on any atom is -0.206 e. The minimum absolute atomic E-state index is 0.0418. The van der Waals surface area contributed by atoms with E-state index in [1.807, 2.05) is 0 Å². The standard InChI is InChI=1S/C25H35F5/c1-16(2)4-3-5-17-6-8-18(9-7-17)19-10-12-20(13-11-19)21-14-22(26)24(23(27)15-21)25(28,29)30/h14-20H,3-13H2,1-2H3. The first-order chi connectivity index (χ1) is 14.1. The van der Waals surface area contributed by atoms with Gasteiger partial charge in [-0.1, -0.05) is 46.0 Å². The van der Waals surface area contributed by atoms with Crippen molar-refractivity contribution in [2.75, 3.05) is 0 Å². The van der Waals surface area contributed by atoms with Crippen LogP contribution >= 0.6 is 0 Å². The molecule has 2 aliphatic carbocycles. The summed E-state index contributed by atoms with van der Waals surface area (Å²) in [5.41, 5.74) is -1.39. The Morgan fingerprint density at radius 3 is 1.80 bits per heavy atom. The highest BCUT2D eigenvalue weighted by Gasteiger charge is 2.39. The lowest BCUT2D eigenvalue weighted by Crippen LogP contribution is -2.25. The summed E-state index contributed by atoms with van der Waals surface area (Å²) in [5, 5.41) is 0. The highest BCUT2D eigenvalue weighted by Crippen LogP contribution is 2.45. The normalized spacial score (nSPS) is 28.1. The summed E-state index contributed by atoms with van der Waals surface area (Å²) in [6.07, 6.45) is 7.84.